The van der Waals surface area contributed by atoms with E-state index >= 15 is 0 Å². The summed E-state index contributed by atoms with van der Waals surface area (Å²) in [5.74, 6) is 0. The molecule has 0 saturated carbocycles. The first kappa shape index (κ1) is 14.5. The molecule has 0 spiro atoms. The Labute approximate surface area is 111 Å². The molecule has 2 rings (SSSR count). The second kappa shape index (κ2) is 4.62. The summed E-state index contributed by atoms with van der Waals surface area (Å²) in [6, 6.07) is 6.79. The fourth-order valence-electron chi connectivity index (χ4n) is 2.76. The lowest BCUT2D eigenvalue weighted by Crippen LogP contribution is -2.33. The van der Waals surface area contributed by atoms with Gasteiger partial charge in [0.25, 0.3) is 0 Å². The normalized spacial score (nSPS) is 20.3. The molecule has 1 aromatic carbocycles. The third-order valence-corrected chi connectivity index (χ3v) is 4.15. The van der Waals surface area contributed by atoms with Crippen LogP contribution in [-0.2, 0) is 17.4 Å². The van der Waals surface area contributed by atoms with Gasteiger partial charge in [-0.1, -0.05) is 45.9 Å². The molecule has 0 saturated heterocycles. The van der Waals surface area contributed by atoms with E-state index in [0.717, 1.165) is 0 Å². The molecule has 96 valence electrons. The summed E-state index contributed by atoms with van der Waals surface area (Å²) < 4.78 is 0. The Morgan fingerprint density at radius 1 is 1.00 bits per heavy atom. The Morgan fingerprint density at radius 3 is 2.06 bits per heavy atom. The second-order valence-corrected chi connectivity index (χ2v) is 6.35. The molecule has 0 bridgehead atoms. The van der Waals surface area contributed by atoms with Crippen LogP contribution in [0.15, 0.2) is 18.2 Å². The van der Waals surface area contributed by atoms with Crippen molar-refractivity contribution in [2.45, 2.75) is 57.9 Å². The Bertz CT molecular complexity index is 407. The van der Waals surface area contributed by atoms with Crippen molar-refractivity contribution in [2.75, 3.05) is 0 Å². The van der Waals surface area contributed by atoms with Crippen LogP contribution in [-0.4, -0.2) is 0 Å². The largest absolute Gasteiger partial charge is 0.326 e. The molecule has 1 aromatic rings. The lowest BCUT2D eigenvalue weighted by molar-refractivity contribution is 0.331. The lowest BCUT2D eigenvalue weighted by Gasteiger charge is -2.42. The average Bonchev–Trinajstić information content (AvgIpc) is 2.24. The van der Waals surface area contributed by atoms with E-state index in [1.807, 2.05) is 0 Å². The van der Waals surface area contributed by atoms with Crippen LogP contribution in [0.3, 0.4) is 0 Å². The van der Waals surface area contributed by atoms with Crippen LogP contribution in [0.4, 0.5) is 0 Å². The quantitative estimate of drug-likeness (QED) is 0.807. The Balaban J connectivity index is 0.00000144. The van der Waals surface area contributed by atoms with E-state index in [1.54, 1.807) is 0 Å². The van der Waals surface area contributed by atoms with Crippen LogP contribution in [0.2, 0.25) is 0 Å². The van der Waals surface area contributed by atoms with Crippen LogP contribution in [0.5, 0.6) is 0 Å². The fourth-order valence-corrected chi connectivity index (χ4v) is 2.76. The van der Waals surface area contributed by atoms with Crippen molar-refractivity contribution in [3.05, 3.63) is 34.9 Å². The van der Waals surface area contributed by atoms with Crippen LogP contribution in [0.1, 0.15) is 57.2 Å². The summed E-state index contributed by atoms with van der Waals surface area (Å²) in [5, 5.41) is 0. The number of halogens is 1. The van der Waals surface area contributed by atoms with Crippen molar-refractivity contribution in [1.29, 1.82) is 0 Å². The molecule has 1 aliphatic carbocycles. The third-order valence-electron chi connectivity index (χ3n) is 4.15. The molecule has 0 aliphatic heterocycles. The number of hydrogen-bond acceptors (Lipinski definition) is 1. The second-order valence-electron chi connectivity index (χ2n) is 6.35. The molecule has 1 nitrogen and oxygen atoms in total. The molecule has 0 aromatic heterocycles. The van der Waals surface area contributed by atoms with Gasteiger partial charge in [-0.05, 0) is 40.4 Å². The predicted octanol–water partition coefficient (Wildman–Crippen LogP) is 3.92. The zero-order valence-corrected chi connectivity index (χ0v) is 12.2. The minimum atomic E-state index is 0. The average molecular weight is 254 g/mol. The summed E-state index contributed by atoms with van der Waals surface area (Å²) in [6.45, 7) is 10.0. The molecule has 2 heteroatoms. The zero-order chi connectivity index (χ0) is 12.0. The maximum Gasteiger partial charge on any atom is 0.0178 e. The van der Waals surface area contributed by atoms with Crippen molar-refractivity contribution in [3.8, 4) is 0 Å². The number of rotatable bonds is 1. The lowest BCUT2D eigenvalue weighted by atomic mass is 9.63. The van der Waals surface area contributed by atoms with Crippen molar-refractivity contribution in [3.63, 3.8) is 0 Å². The van der Waals surface area contributed by atoms with Crippen molar-refractivity contribution in [2.24, 2.45) is 5.73 Å². The molecule has 0 fully saturated rings. The third kappa shape index (κ3) is 2.51. The first-order valence-corrected chi connectivity index (χ1v) is 6.21. The van der Waals surface area contributed by atoms with Gasteiger partial charge in [0.05, 0.1) is 0 Å². The highest BCUT2D eigenvalue weighted by Crippen LogP contribution is 2.45. The van der Waals surface area contributed by atoms with Gasteiger partial charge in [0.1, 0.15) is 0 Å². The Morgan fingerprint density at radius 2 is 1.53 bits per heavy atom. The van der Waals surface area contributed by atoms with Gasteiger partial charge in [-0.2, -0.15) is 0 Å². The van der Waals surface area contributed by atoms with Gasteiger partial charge in [-0.15, -0.1) is 12.4 Å². The smallest absolute Gasteiger partial charge is 0.0178 e. The fraction of sp³-hybridized carbons (Fsp3) is 0.600. The van der Waals surface area contributed by atoms with E-state index in [2.05, 4.69) is 45.9 Å². The topological polar surface area (TPSA) is 26.0 Å². The first-order valence-electron chi connectivity index (χ1n) is 6.21. The van der Waals surface area contributed by atoms with Crippen LogP contribution in [0, 0.1) is 0 Å². The number of benzene rings is 1. The zero-order valence-electron chi connectivity index (χ0n) is 11.3. The van der Waals surface area contributed by atoms with Crippen molar-refractivity contribution < 1.29 is 0 Å². The van der Waals surface area contributed by atoms with Crippen LogP contribution >= 0.6 is 12.4 Å². The van der Waals surface area contributed by atoms with E-state index in [1.165, 1.54) is 29.5 Å². The summed E-state index contributed by atoms with van der Waals surface area (Å²) in [5.41, 5.74) is 10.6. The molecular formula is C15H24ClN. The van der Waals surface area contributed by atoms with Gasteiger partial charge >= 0.3 is 0 Å². The predicted molar refractivity (Wildman–Crippen MR) is 76.9 cm³/mol. The van der Waals surface area contributed by atoms with Crippen LogP contribution < -0.4 is 5.73 Å². The Hall–Kier alpha value is -0.530. The molecule has 1 aliphatic rings. The molecule has 2 N–H and O–H groups in total. The molecule has 0 heterocycles. The highest BCUT2D eigenvalue weighted by Gasteiger charge is 2.36. The summed E-state index contributed by atoms with van der Waals surface area (Å²) in [6.07, 6.45) is 2.54. The van der Waals surface area contributed by atoms with Gasteiger partial charge in [0.2, 0.25) is 0 Å². The monoisotopic (exact) mass is 253 g/mol. The van der Waals surface area contributed by atoms with E-state index in [-0.39, 0.29) is 12.4 Å². The molecular weight excluding hydrogens is 230 g/mol. The molecule has 0 amide bonds. The van der Waals surface area contributed by atoms with Gasteiger partial charge in [0, 0.05) is 6.54 Å². The molecule has 0 atom stereocenters. The van der Waals surface area contributed by atoms with E-state index in [4.69, 9.17) is 5.73 Å². The maximum absolute atomic E-state index is 5.74. The maximum atomic E-state index is 5.74. The molecule has 17 heavy (non-hydrogen) atoms. The van der Waals surface area contributed by atoms with Gasteiger partial charge in [-0.3, -0.25) is 0 Å². The Kier molecular flexibility index (Phi) is 3.95. The van der Waals surface area contributed by atoms with Gasteiger partial charge in [-0.25, -0.2) is 0 Å². The molecule has 0 unspecified atom stereocenters. The van der Waals surface area contributed by atoms with E-state index < -0.39 is 0 Å². The summed E-state index contributed by atoms with van der Waals surface area (Å²) >= 11 is 0. The minimum Gasteiger partial charge on any atom is -0.326 e. The number of nitrogens with two attached hydrogens (primary N) is 1. The number of hydrogen-bond donors (Lipinski definition) is 1. The van der Waals surface area contributed by atoms with Gasteiger partial charge < -0.3 is 5.73 Å². The van der Waals surface area contributed by atoms with Gasteiger partial charge in [0.15, 0.2) is 0 Å². The highest BCUT2D eigenvalue weighted by molar-refractivity contribution is 5.85. The van der Waals surface area contributed by atoms with E-state index in [0.29, 0.717) is 17.4 Å². The van der Waals surface area contributed by atoms with E-state index in [9.17, 15) is 0 Å². The molecule has 0 radical (unpaired) electrons. The van der Waals surface area contributed by atoms with Crippen molar-refractivity contribution in [1.82, 2.24) is 0 Å². The minimum absolute atomic E-state index is 0. The van der Waals surface area contributed by atoms with Crippen LogP contribution in [0.25, 0.3) is 0 Å². The highest BCUT2D eigenvalue weighted by atomic mass is 35.5. The van der Waals surface area contributed by atoms with Crippen molar-refractivity contribution >= 4 is 12.4 Å². The SMILES string of the molecule is CC1(C)CCC(C)(C)c2cc(CN)ccc21.Cl. The first-order chi connectivity index (χ1) is 7.37. The standard InChI is InChI=1S/C15H23N.ClH/c1-14(2)7-8-15(3,4)13-9-11(10-16)5-6-12(13)14;/h5-6,9H,7-8,10,16H2,1-4H3;1H. The number of fused-ring (bicyclic) bond motifs is 1. The summed E-state index contributed by atoms with van der Waals surface area (Å²) in [4.78, 5) is 0. The summed E-state index contributed by atoms with van der Waals surface area (Å²) in [7, 11) is 0.